The van der Waals surface area contributed by atoms with Gasteiger partial charge in [0.15, 0.2) is 10.9 Å². The Kier molecular flexibility index (Phi) is 3.41. The molecule has 0 saturated heterocycles. The number of carbonyl (C=O) groups excluding carboxylic acids is 1. The van der Waals surface area contributed by atoms with Gasteiger partial charge in [0.2, 0.25) is 0 Å². The Labute approximate surface area is 87.9 Å². The average molecular weight is 210 g/mol. The summed E-state index contributed by atoms with van der Waals surface area (Å²) in [5.74, 6) is -0.0585. The second-order valence-corrected chi connectivity index (χ2v) is 4.30. The van der Waals surface area contributed by atoms with Crippen molar-refractivity contribution < 1.29 is 4.79 Å². The number of anilines is 1. The molecule has 1 heterocycles. The molecule has 14 heavy (non-hydrogen) atoms. The number of hydrogen-bond donors (Lipinski definition) is 1. The SMILES string of the molecule is C=CC(=O)c1sc(NC(C)C)nc1C. The maximum absolute atomic E-state index is 11.4. The van der Waals surface area contributed by atoms with Gasteiger partial charge in [-0.25, -0.2) is 4.98 Å². The van der Waals surface area contributed by atoms with Gasteiger partial charge >= 0.3 is 0 Å². The van der Waals surface area contributed by atoms with Crippen LogP contribution in [0.15, 0.2) is 12.7 Å². The van der Waals surface area contributed by atoms with Gasteiger partial charge in [-0.3, -0.25) is 4.79 Å². The highest BCUT2D eigenvalue weighted by Crippen LogP contribution is 2.23. The molecule has 0 aromatic carbocycles. The van der Waals surface area contributed by atoms with Gasteiger partial charge in [-0.05, 0) is 26.8 Å². The highest BCUT2D eigenvalue weighted by Gasteiger charge is 2.12. The van der Waals surface area contributed by atoms with Crippen molar-refractivity contribution >= 4 is 22.3 Å². The number of nitrogens with zero attached hydrogens (tertiary/aromatic N) is 1. The summed E-state index contributed by atoms with van der Waals surface area (Å²) in [5.41, 5.74) is 0.767. The lowest BCUT2D eigenvalue weighted by Crippen LogP contribution is -2.08. The Bertz CT molecular complexity index is 355. The van der Waals surface area contributed by atoms with E-state index in [2.05, 4.69) is 16.9 Å². The van der Waals surface area contributed by atoms with E-state index in [-0.39, 0.29) is 5.78 Å². The van der Waals surface area contributed by atoms with Gasteiger partial charge in [0.1, 0.15) is 0 Å². The predicted octanol–water partition coefficient (Wildman–Crippen LogP) is 2.64. The normalized spacial score (nSPS) is 10.3. The molecule has 0 spiro atoms. The van der Waals surface area contributed by atoms with Crippen LogP contribution in [0.5, 0.6) is 0 Å². The third-order valence-corrected chi connectivity index (χ3v) is 2.72. The number of rotatable bonds is 4. The van der Waals surface area contributed by atoms with Crippen LogP contribution in [0, 0.1) is 6.92 Å². The quantitative estimate of drug-likeness (QED) is 0.613. The first-order valence-corrected chi connectivity index (χ1v) is 5.27. The molecule has 0 amide bonds. The fourth-order valence-electron chi connectivity index (χ4n) is 1.03. The van der Waals surface area contributed by atoms with E-state index in [9.17, 15) is 4.79 Å². The summed E-state index contributed by atoms with van der Waals surface area (Å²) in [6.45, 7) is 9.36. The molecular formula is C10H14N2OS. The molecule has 0 fully saturated rings. The molecule has 0 bridgehead atoms. The molecule has 4 heteroatoms. The zero-order valence-corrected chi connectivity index (χ0v) is 9.44. The first-order valence-electron chi connectivity index (χ1n) is 4.45. The molecule has 1 N–H and O–H groups in total. The number of aromatic nitrogens is 1. The van der Waals surface area contributed by atoms with Crippen LogP contribution in [-0.4, -0.2) is 16.8 Å². The van der Waals surface area contributed by atoms with Crippen molar-refractivity contribution in [3.8, 4) is 0 Å². The first-order chi connectivity index (χ1) is 6.54. The molecule has 1 aromatic rings. The largest absolute Gasteiger partial charge is 0.359 e. The van der Waals surface area contributed by atoms with Crippen LogP contribution in [0.3, 0.4) is 0 Å². The van der Waals surface area contributed by atoms with Crippen LogP contribution in [0.2, 0.25) is 0 Å². The van der Waals surface area contributed by atoms with Crippen molar-refractivity contribution in [1.82, 2.24) is 4.98 Å². The lowest BCUT2D eigenvalue weighted by molar-refractivity contribution is 0.105. The van der Waals surface area contributed by atoms with E-state index in [0.29, 0.717) is 10.9 Å². The maximum atomic E-state index is 11.4. The van der Waals surface area contributed by atoms with Gasteiger partial charge in [0.25, 0.3) is 0 Å². The molecule has 0 radical (unpaired) electrons. The minimum Gasteiger partial charge on any atom is -0.359 e. The topological polar surface area (TPSA) is 42.0 Å². The third kappa shape index (κ3) is 2.42. The van der Waals surface area contributed by atoms with Crippen molar-refractivity contribution in [2.24, 2.45) is 0 Å². The minimum absolute atomic E-state index is 0.0585. The number of aryl methyl sites for hydroxylation is 1. The molecule has 0 aliphatic carbocycles. The molecule has 76 valence electrons. The fraction of sp³-hybridized carbons (Fsp3) is 0.400. The lowest BCUT2D eigenvalue weighted by atomic mass is 10.3. The summed E-state index contributed by atoms with van der Waals surface area (Å²) in [7, 11) is 0. The van der Waals surface area contributed by atoms with E-state index in [0.717, 1.165) is 10.8 Å². The molecule has 1 rings (SSSR count). The Balaban J connectivity index is 2.93. The predicted molar refractivity (Wildman–Crippen MR) is 60.1 cm³/mol. The number of allylic oxidation sites excluding steroid dienone is 1. The van der Waals surface area contributed by atoms with Crippen molar-refractivity contribution in [1.29, 1.82) is 0 Å². The fourth-order valence-corrected chi connectivity index (χ4v) is 2.07. The monoisotopic (exact) mass is 210 g/mol. The first kappa shape index (κ1) is 10.9. The van der Waals surface area contributed by atoms with Crippen molar-refractivity contribution in [2.75, 3.05) is 5.32 Å². The van der Waals surface area contributed by atoms with Gasteiger partial charge in [0, 0.05) is 6.04 Å². The van der Waals surface area contributed by atoms with Crippen LogP contribution in [0.4, 0.5) is 5.13 Å². The Hall–Kier alpha value is -1.16. The number of thiazole rings is 1. The van der Waals surface area contributed by atoms with Gasteiger partial charge < -0.3 is 5.32 Å². The average Bonchev–Trinajstić information content (AvgIpc) is 2.44. The summed E-state index contributed by atoms with van der Waals surface area (Å²) < 4.78 is 0. The minimum atomic E-state index is -0.0585. The summed E-state index contributed by atoms with van der Waals surface area (Å²) in [6, 6.07) is 0.326. The van der Waals surface area contributed by atoms with Gasteiger partial charge in [-0.2, -0.15) is 0 Å². The van der Waals surface area contributed by atoms with E-state index >= 15 is 0 Å². The van der Waals surface area contributed by atoms with E-state index < -0.39 is 0 Å². The Morgan fingerprint density at radius 3 is 2.79 bits per heavy atom. The van der Waals surface area contributed by atoms with Gasteiger partial charge in [-0.15, -0.1) is 0 Å². The molecule has 3 nitrogen and oxygen atoms in total. The second kappa shape index (κ2) is 4.37. The van der Waals surface area contributed by atoms with E-state index in [1.165, 1.54) is 17.4 Å². The van der Waals surface area contributed by atoms with Crippen molar-refractivity contribution in [3.05, 3.63) is 23.2 Å². The summed E-state index contributed by atoms with van der Waals surface area (Å²) >= 11 is 1.38. The van der Waals surface area contributed by atoms with E-state index in [1.54, 1.807) is 0 Å². The molecule has 0 aliphatic heterocycles. The molecule has 0 aliphatic rings. The number of nitrogens with one attached hydrogen (secondary N) is 1. The molecule has 0 unspecified atom stereocenters. The smallest absolute Gasteiger partial charge is 0.197 e. The van der Waals surface area contributed by atoms with Gasteiger partial charge in [0.05, 0.1) is 10.6 Å². The molecular weight excluding hydrogens is 196 g/mol. The van der Waals surface area contributed by atoms with Crippen molar-refractivity contribution in [2.45, 2.75) is 26.8 Å². The number of carbonyl (C=O) groups is 1. The Morgan fingerprint density at radius 1 is 1.64 bits per heavy atom. The highest BCUT2D eigenvalue weighted by atomic mass is 32.1. The molecule has 0 saturated carbocycles. The van der Waals surface area contributed by atoms with Gasteiger partial charge in [-0.1, -0.05) is 17.9 Å². The summed E-state index contributed by atoms with van der Waals surface area (Å²) in [5, 5.41) is 3.96. The standard InChI is InChI=1S/C10H14N2OS/c1-5-8(13)9-7(4)12-10(14-9)11-6(2)3/h5-6H,1H2,2-4H3,(H,11,12). The maximum Gasteiger partial charge on any atom is 0.197 e. The molecule has 0 atom stereocenters. The van der Waals surface area contributed by atoms with Crippen LogP contribution in [0.25, 0.3) is 0 Å². The Morgan fingerprint density at radius 2 is 2.29 bits per heavy atom. The van der Waals surface area contributed by atoms with Crippen LogP contribution in [-0.2, 0) is 0 Å². The zero-order chi connectivity index (χ0) is 10.7. The summed E-state index contributed by atoms with van der Waals surface area (Å²) in [4.78, 5) is 16.3. The van der Waals surface area contributed by atoms with Crippen LogP contribution < -0.4 is 5.32 Å². The molecule has 1 aromatic heterocycles. The third-order valence-electron chi connectivity index (χ3n) is 1.62. The zero-order valence-electron chi connectivity index (χ0n) is 8.63. The highest BCUT2D eigenvalue weighted by molar-refractivity contribution is 7.17. The van der Waals surface area contributed by atoms with Crippen LogP contribution >= 0.6 is 11.3 Å². The summed E-state index contributed by atoms with van der Waals surface area (Å²) in [6.07, 6.45) is 1.32. The van der Waals surface area contributed by atoms with Crippen LogP contribution in [0.1, 0.15) is 29.2 Å². The lowest BCUT2D eigenvalue weighted by Gasteiger charge is -2.03. The number of ketones is 1. The second-order valence-electron chi connectivity index (χ2n) is 3.30. The van der Waals surface area contributed by atoms with E-state index in [1.807, 2.05) is 20.8 Å². The van der Waals surface area contributed by atoms with Crippen molar-refractivity contribution in [3.63, 3.8) is 0 Å². The number of hydrogen-bond acceptors (Lipinski definition) is 4. The van der Waals surface area contributed by atoms with E-state index in [4.69, 9.17) is 0 Å².